The molecule has 2 rings (SSSR count). The van der Waals surface area contributed by atoms with Crippen LogP contribution in [0, 0.1) is 0 Å². The lowest BCUT2D eigenvalue weighted by Crippen LogP contribution is -2.15. The Kier molecular flexibility index (Phi) is 4.11. The number of aromatic nitrogens is 2. The van der Waals surface area contributed by atoms with Crippen LogP contribution in [-0.2, 0) is 5.41 Å². The standard InChI is InChI=1S/C14H18ClN3S/c1-5-16-12-8-10(14(2,3)4)17-13(18-12)9-6-7-11(15)19-9/h6-8H,5H2,1-4H3,(H,16,17,18). The van der Waals surface area contributed by atoms with Gasteiger partial charge in [0, 0.05) is 18.0 Å². The van der Waals surface area contributed by atoms with Gasteiger partial charge in [-0.2, -0.15) is 0 Å². The summed E-state index contributed by atoms with van der Waals surface area (Å²) >= 11 is 7.49. The van der Waals surface area contributed by atoms with E-state index in [9.17, 15) is 0 Å². The SMILES string of the molecule is CCNc1cc(C(C)(C)C)nc(-c2ccc(Cl)s2)n1. The highest BCUT2D eigenvalue weighted by Crippen LogP contribution is 2.31. The molecular weight excluding hydrogens is 278 g/mol. The van der Waals surface area contributed by atoms with Crippen LogP contribution in [0.25, 0.3) is 10.7 Å². The van der Waals surface area contributed by atoms with Crippen molar-refractivity contribution in [2.45, 2.75) is 33.1 Å². The first-order valence-corrected chi connectivity index (χ1v) is 7.48. The topological polar surface area (TPSA) is 37.8 Å². The van der Waals surface area contributed by atoms with Crippen LogP contribution in [0.5, 0.6) is 0 Å². The summed E-state index contributed by atoms with van der Waals surface area (Å²) in [5, 5.41) is 3.26. The lowest BCUT2D eigenvalue weighted by Gasteiger charge is -2.19. The van der Waals surface area contributed by atoms with Gasteiger partial charge in [0.2, 0.25) is 0 Å². The molecule has 0 bridgehead atoms. The third-order valence-electron chi connectivity index (χ3n) is 2.65. The van der Waals surface area contributed by atoms with Crippen molar-refractivity contribution >= 4 is 28.8 Å². The molecule has 102 valence electrons. The summed E-state index contributed by atoms with van der Waals surface area (Å²) in [6, 6.07) is 5.86. The van der Waals surface area contributed by atoms with E-state index < -0.39 is 0 Å². The van der Waals surface area contributed by atoms with Crippen LogP contribution in [0.2, 0.25) is 4.34 Å². The quantitative estimate of drug-likeness (QED) is 0.900. The Bertz CT molecular complexity index is 572. The van der Waals surface area contributed by atoms with Crippen molar-refractivity contribution in [1.29, 1.82) is 0 Å². The monoisotopic (exact) mass is 295 g/mol. The molecule has 5 heteroatoms. The maximum absolute atomic E-state index is 5.99. The van der Waals surface area contributed by atoms with Crippen LogP contribution in [0.3, 0.4) is 0 Å². The zero-order valence-electron chi connectivity index (χ0n) is 11.6. The molecule has 0 saturated heterocycles. The minimum absolute atomic E-state index is 0.0110. The fourth-order valence-electron chi connectivity index (χ4n) is 1.65. The van der Waals surface area contributed by atoms with Gasteiger partial charge in [0.15, 0.2) is 5.82 Å². The van der Waals surface area contributed by atoms with Crippen LogP contribution in [0.4, 0.5) is 5.82 Å². The summed E-state index contributed by atoms with van der Waals surface area (Å²) in [6.07, 6.45) is 0. The number of nitrogens with zero attached hydrogens (tertiary/aromatic N) is 2. The van der Waals surface area contributed by atoms with Crippen molar-refractivity contribution in [3.05, 3.63) is 28.2 Å². The molecule has 3 nitrogen and oxygen atoms in total. The van der Waals surface area contributed by atoms with E-state index in [1.165, 1.54) is 11.3 Å². The largest absolute Gasteiger partial charge is 0.370 e. The van der Waals surface area contributed by atoms with Crippen LogP contribution in [0.15, 0.2) is 18.2 Å². The van der Waals surface area contributed by atoms with Gasteiger partial charge in [-0.25, -0.2) is 9.97 Å². The van der Waals surface area contributed by atoms with Crippen molar-refractivity contribution < 1.29 is 0 Å². The fourth-order valence-corrected chi connectivity index (χ4v) is 2.62. The molecule has 0 aromatic carbocycles. The molecule has 0 radical (unpaired) electrons. The Morgan fingerprint density at radius 3 is 2.53 bits per heavy atom. The van der Waals surface area contributed by atoms with Gasteiger partial charge in [-0.05, 0) is 19.1 Å². The van der Waals surface area contributed by atoms with Gasteiger partial charge in [0.25, 0.3) is 0 Å². The molecule has 0 fully saturated rings. The van der Waals surface area contributed by atoms with Crippen LogP contribution in [-0.4, -0.2) is 16.5 Å². The minimum atomic E-state index is -0.0110. The lowest BCUT2D eigenvalue weighted by atomic mass is 9.92. The van der Waals surface area contributed by atoms with E-state index in [4.69, 9.17) is 11.6 Å². The lowest BCUT2D eigenvalue weighted by molar-refractivity contribution is 0.568. The van der Waals surface area contributed by atoms with E-state index in [-0.39, 0.29) is 5.41 Å². The molecule has 0 spiro atoms. The fraction of sp³-hybridized carbons (Fsp3) is 0.429. The van der Waals surface area contributed by atoms with E-state index in [0.717, 1.165) is 33.1 Å². The van der Waals surface area contributed by atoms with E-state index >= 15 is 0 Å². The Labute approximate surface area is 123 Å². The van der Waals surface area contributed by atoms with Gasteiger partial charge < -0.3 is 5.32 Å². The molecule has 2 heterocycles. The average Bonchev–Trinajstić information content (AvgIpc) is 2.75. The van der Waals surface area contributed by atoms with Crippen molar-refractivity contribution in [3.8, 4) is 10.7 Å². The Hall–Kier alpha value is -1.13. The molecule has 0 aliphatic rings. The molecule has 0 atom stereocenters. The summed E-state index contributed by atoms with van der Waals surface area (Å²) in [6.45, 7) is 9.34. The average molecular weight is 296 g/mol. The minimum Gasteiger partial charge on any atom is -0.370 e. The smallest absolute Gasteiger partial charge is 0.171 e. The van der Waals surface area contributed by atoms with Crippen LogP contribution >= 0.6 is 22.9 Å². The van der Waals surface area contributed by atoms with Gasteiger partial charge in [0.05, 0.1) is 14.9 Å². The molecule has 2 aromatic rings. The second-order valence-electron chi connectivity index (χ2n) is 5.35. The van der Waals surface area contributed by atoms with E-state index in [1.54, 1.807) is 0 Å². The predicted molar refractivity (Wildman–Crippen MR) is 83.2 cm³/mol. The Morgan fingerprint density at radius 1 is 1.26 bits per heavy atom. The Balaban J connectivity index is 2.51. The molecule has 2 aromatic heterocycles. The van der Waals surface area contributed by atoms with E-state index in [2.05, 4.69) is 43.0 Å². The summed E-state index contributed by atoms with van der Waals surface area (Å²) in [7, 11) is 0. The molecule has 0 aliphatic carbocycles. The van der Waals surface area contributed by atoms with Crippen molar-refractivity contribution in [1.82, 2.24) is 9.97 Å². The van der Waals surface area contributed by atoms with Crippen LogP contribution in [0.1, 0.15) is 33.4 Å². The molecule has 0 amide bonds. The Morgan fingerprint density at radius 2 is 2.00 bits per heavy atom. The number of hydrogen-bond acceptors (Lipinski definition) is 4. The number of anilines is 1. The highest BCUT2D eigenvalue weighted by Gasteiger charge is 2.19. The van der Waals surface area contributed by atoms with Crippen LogP contribution < -0.4 is 5.32 Å². The molecule has 0 unspecified atom stereocenters. The van der Waals surface area contributed by atoms with Crippen molar-refractivity contribution in [3.63, 3.8) is 0 Å². The molecule has 19 heavy (non-hydrogen) atoms. The number of rotatable bonds is 3. The van der Waals surface area contributed by atoms with Crippen molar-refractivity contribution in [2.24, 2.45) is 0 Å². The zero-order chi connectivity index (χ0) is 14.0. The normalized spacial score (nSPS) is 11.6. The summed E-state index contributed by atoms with van der Waals surface area (Å²) in [5.74, 6) is 1.60. The maximum atomic E-state index is 5.99. The van der Waals surface area contributed by atoms with Gasteiger partial charge in [-0.15, -0.1) is 11.3 Å². The molecule has 0 aliphatic heterocycles. The van der Waals surface area contributed by atoms with E-state index in [0.29, 0.717) is 0 Å². The predicted octanol–water partition coefficient (Wildman–Crippen LogP) is 4.59. The number of hydrogen-bond donors (Lipinski definition) is 1. The second kappa shape index (κ2) is 5.47. The number of nitrogens with one attached hydrogen (secondary N) is 1. The first-order chi connectivity index (χ1) is 8.90. The van der Waals surface area contributed by atoms with E-state index in [1.807, 2.05) is 18.2 Å². The molecule has 0 saturated carbocycles. The second-order valence-corrected chi connectivity index (χ2v) is 7.06. The molecule has 1 N–H and O–H groups in total. The zero-order valence-corrected chi connectivity index (χ0v) is 13.2. The highest BCUT2D eigenvalue weighted by atomic mass is 35.5. The number of thiophene rings is 1. The first kappa shape index (κ1) is 14.3. The van der Waals surface area contributed by atoms with Crippen molar-refractivity contribution in [2.75, 3.05) is 11.9 Å². The first-order valence-electron chi connectivity index (χ1n) is 6.29. The summed E-state index contributed by atoms with van der Waals surface area (Å²) < 4.78 is 0.754. The summed E-state index contributed by atoms with van der Waals surface area (Å²) in [4.78, 5) is 10.2. The number of halogens is 1. The maximum Gasteiger partial charge on any atom is 0.171 e. The summed E-state index contributed by atoms with van der Waals surface area (Å²) in [5.41, 5.74) is 1.01. The van der Waals surface area contributed by atoms with Gasteiger partial charge >= 0.3 is 0 Å². The van der Waals surface area contributed by atoms with Gasteiger partial charge in [-0.3, -0.25) is 0 Å². The third kappa shape index (κ3) is 3.45. The highest BCUT2D eigenvalue weighted by molar-refractivity contribution is 7.19. The van der Waals surface area contributed by atoms with Gasteiger partial charge in [0.1, 0.15) is 5.82 Å². The van der Waals surface area contributed by atoms with Gasteiger partial charge in [-0.1, -0.05) is 32.4 Å². The molecular formula is C14H18ClN3S. The third-order valence-corrected chi connectivity index (χ3v) is 3.87.